The fraction of sp³-hybridized carbons (Fsp3) is 0.400. The van der Waals surface area contributed by atoms with Crippen LogP contribution in [0.4, 0.5) is 5.69 Å². The summed E-state index contributed by atoms with van der Waals surface area (Å²) in [7, 11) is 6.33. The summed E-state index contributed by atoms with van der Waals surface area (Å²) >= 11 is 0. The number of ether oxygens (including phenoxy) is 4. The summed E-state index contributed by atoms with van der Waals surface area (Å²) in [5, 5.41) is 7.09. The lowest BCUT2D eigenvalue weighted by atomic mass is 9.95. The monoisotopic (exact) mass is 482 g/mol. The van der Waals surface area contributed by atoms with Crippen molar-refractivity contribution < 1.29 is 28.3 Å². The fourth-order valence-electron chi connectivity index (χ4n) is 4.10. The quantitative estimate of drug-likeness (QED) is 0.489. The van der Waals surface area contributed by atoms with Crippen LogP contribution < -0.4 is 24.3 Å². The first-order valence-electron chi connectivity index (χ1n) is 11.3. The Morgan fingerprint density at radius 2 is 1.69 bits per heavy atom. The van der Waals surface area contributed by atoms with E-state index in [1.807, 2.05) is 12.1 Å². The number of nitrogens with zero attached hydrogens (tertiary/aromatic N) is 3. The highest BCUT2D eigenvalue weighted by Crippen LogP contribution is 2.32. The minimum absolute atomic E-state index is 0.0234. The van der Waals surface area contributed by atoms with Gasteiger partial charge in [-0.25, -0.2) is 0 Å². The number of methoxy groups -OCH3 is 4. The number of piperidine rings is 1. The number of carbonyl (C=O) groups is 1. The average molecular weight is 483 g/mol. The Labute approximate surface area is 204 Å². The molecule has 2 heterocycles. The highest BCUT2D eigenvalue weighted by atomic mass is 16.5. The summed E-state index contributed by atoms with van der Waals surface area (Å²) in [4.78, 5) is 19.6. The van der Waals surface area contributed by atoms with Crippen LogP contribution in [0.1, 0.15) is 18.7 Å². The van der Waals surface area contributed by atoms with Gasteiger partial charge in [0.2, 0.25) is 17.6 Å². The van der Waals surface area contributed by atoms with Gasteiger partial charge in [-0.2, -0.15) is 4.98 Å². The van der Waals surface area contributed by atoms with E-state index in [2.05, 4.69) is 20.4 Å². The maximum atomic E-state index is 12.9. The molecule has 3 aromatic rings. The molecule has 1 saturated heterocycles. The Kier molecular flexibility index (Phi) is 7.71. The molecule has 1 fully saturated rings. The van der Waals surface area contributed by atoms with E-state index in [1.54, 1.807) is 52.7 Å². The van der Waals surface area contributed by atoms with Crippen molar-refractivity contribution in [2.45, 2.75) is 19.4 Å². The minimum Gasteiger partial charge on any atom is -0.497 e. The SMILES string of the molecule is COc1ccc(OC)c(NC(=O)C2CCN(Cc3nc(-c4ccc(OC)c(OC)c4)no3)CC2)c1. The van der Waals surface area contributed by atoms with E-state index in [0.29, 0.717) is 46.9 Å². The standard InChI is InChI=1S/C25H30N4O6/c1-31-18-6-8-20(32-2)19(14-18)26-25(30)16-9-11-29(12-10-16)15-23-27-24(28-35-23)17-5-7-21(33-3)22(13-17)34-4/h5-8,13-14,16H,9-12,15H2,1-4H3,(H,26,30). The molecule has 1 N–H and O–H groups in total. The maximum absolute atomic E-state index is 12.9. The predicted molar refractivity (Wildman–Crippen MR) is 129 cm³/mol. The zero-order valence-corrected chi connectivity index (χ0v) is 20.4. The van der Waals surface area contributed by atoms with Crippen molar-refractivity contribution in [3.05, 3.63) is 42.3 Å². The lowest BCUT2D eigenvalue weighted by molar-refractivity contribution is -0.121. The Hall–Kier alpha value is -3.79. The van der Waals surface area contributed by atoms with Crippen molar-refractivity contribution >= 4 is 11.6 Å². The molecule has 4 rings (SSSR count). The van der Waals surface area contributed by atoms with Crippen molar-refractivity contribution in [3.63, 3.8) is 0 Å². The fourth-order valence-corrected chi connectivity index (χ4v) is 4.10. The number of carbonyl (C=O) groups excluding carboxylic acids is 1. The number of nitrogens with one attached hydrogen (secondary N) is 1. The number of hydrogen-bond acceptors (Lipinski definition) is 9. The summed E-state index contributed by atoms with van der Waals surface area (Å²) in [5.74, 6) is 3.39. The van der Waals surface area contributed by atoms with Crippen LogP contribution in [-0.2, 0) is 11.3 Å². The lowest BCUT2D eigenvalue weighted by Crippen LogP contribution is -2.37. The van der Waals surface area contributed by atoms with Crippen molar-refractivity contribution in [1.82, 2.24) is 15.0 Å². The Bertz CT molecular complexity index is 1160. The van der Waals surface area contributed by atoms with E-state index in [-0.39, 0.29) is 11.8 Å². The van der Waals surface area contributed by atoms with Gasteiger partial charge in [0.1, 0.15) is 11.5 Å². The second kappa shape index (κ2) is 11.1. The highest BCUT2D eigenvalue weighted by molar-refractivity contribution is 5.94. The molecule has 186 valence electrons. The van der Waals surface area contributed by atoms with Gasteiger partial charge in [-0.3, -0.25) is 9.69 Å². The summed E-state index contributed by atoms with van der Waals surface area (Å²) in [6.45, 7) is 2.03. The van der Waals surface area contributed by atoms with Crippen LogP contribution in [-0.4, -0.2) is 62.5 Å². The summed E-state index contributed by atoms with van der Waals surface area (Å²) in [6, 6.07) is 10.8. The molecule has 0 atom stereocenters. The first-order valence-corrected chi connectivity index (χ1v) is 11.3. The minimum atomic E-state index is -0.0906. The van der Waals surface area contributed by atoms with Gasteiger partial charge in [0, 0.05) is 17.5 Å². The number of likely N-dealkylation sites (tertiary alicyclic amines) is 1. The normalized spacial score (nSPS) is 14.4. The van der Waals surface area contributed by atoms with Crippen LogP contribution >= 0.6 is 0 Å². The number of hydrogen-bond donors (Lipinski definition) is 1. The van der Waals surface area contributed by atoms with Crippen LogP contribution in [0.2, 0.25) is 0 Å². The van der Waals surface area contributed by atoms with E-state index in [4.69, 9.17) is 23.5 Å². The van der Waals surface area contributed by atoms with Crippen LogP contribution in [0.3, 0.4) is 0 Å². The van der Waals surface area contributed by atoms with Gasteiger partial charge in [-0.15, -0.1) is 0 Å². The van der Waals surface area contributed by atoms with E-state index in [9.17, 15) is 4.79 Å². The molecule has 0 aliphatic carbocycles. The van der Waals surface area contributed by atoms with Gasteiger partial charge in [0.05, 0.1) is 40.7 Å². The number of aromatic nitrogens is 2. The summed E-state index contributed by atoms with van der Waals surface area (Å²) in [6.07, 6.45) is 1.46. The molecule has 10 nitrogen and oxygen atoms in total. The maximum Gasteiger partial charge on any atom is 0.241 e. The van der Waals surface area contributed by atoms with E-state index in [1.165, 1.54) is 0 Å². The van der Waals surface area contributed by atoms with Gasteiger partial charge in [0.25, 0.3) is 0 Å². The van der Waals surface area contributed by atoms with Gasteiger partial charge in [-0.05, 0) is 56.3 Å². The second-order valence-corrected chi connectivity index (χ2v) is 8.19. The second-order valence-electron chi connectivity index (χ2n) is 8.19. The van der Waals surface area contributed by atoms with E-state index >= 15 is 0 Å². The van der Waals surface area contributed by atoms with Crippen molar-refractivity contribution in [1.29, 1.82) is 0 Å². The number of anilines is 1. The van der Waals surface area contributed by atoms with Crippen LogP contribution in [0.15, 0.2) is 40.9 Å². The molecular weight excluding hydrogens is 452 g/mol. The molecule has 0 bridgehead atoms. The third-order valence-electron chi connectivity index (χ3n) is 6.09. The molecule has 1 amide bonds. The first kappa shape index (κ1) is 24.3. The Morgan fingerprint density at radius 3 is 2.37 bits per heavy atom. The highest BCUT2D eigenvalue weighted by Gasteiger charge is 2.27. The van der Waals surface area contributed by atoms with Crippen molar-refractivity contribution in [2.75, 3.05) is 46.8 Å². The molecule has 2 aromatic carbocycles. The molecule has 35 heavy (non-hydrogen) atoms. The molecule has 1 aromatic heterocycles. The first-order chi connectivity index (χ1) is 17.0. The van der Waals surface area contributed by atoms with E-state index < -0.39 is 0 Å². The third-order valence-corrected chi connectivity index (χ3v) is 6.09. The molecule has 10 heteroatoms. The third kappa shape index (κ3) is 5.65. The smallest absolute Gasteiger partial charge is 0.241 e. The predicted octanol–water partition coefficient (Wildman–Crippen LogP) is 3.62. The zero-order valence-electron chi connectivity index (χ0n) is 20.4. The Morgan fingerprint density at radius 1 is 0.971 bits per heavy atom. The number of benzene rings is 2. The van der Waals surface area contributed by atoms with Crippen LogP contribution in [0, 0.1) is 5.92 Å². The topological polar surface area (TPSA) is 108 Å². The average Bonchev–Trinajstić information content (AvgIpc) is 3.37. The molecular formula is C25H30N4O6. The molecule has 0 radical (unpaired) electrons. The van der Waals surface area contributed by atoms with Crippen LogP contribution in [0.25, 0.3) is 11.4 Å². The van der Waals surface area contributed by atoms with Crippen LogP contribution in [0.5, 0.6) is 23.0 Å². The van der Waals surface area contributed by atoms with Crippen molar-refractivity contribution in [3.8, 4) is 34.4 Å². The molecule has 1 aliphatic rings. The molecule has 1 aliphatic heterocycles. The van der Waals surface area contributed by atoms with E-state index in [0.717, 1.165) is 31.5 Å². The van der Waals surface area contributed by atoms with Gasteiger partial charge < -0.3 is 28.8 Å². The Balaban J connectivity index is 1.32. The number of amides is 1. The van der Waals surface area contributed by atoms with Gasteiger partial charge >= 0.3 is 0 Å². The molecule has 0 saturated carbocycles. The lowest BCUT2D eigenvalue weighted by Gasteiger charge is -2.30. The molecule has 0 spiro atoms. The van der Waals surface area contributed by atoms with Crippen molar-refractivity contribution in [2.24, 2.45) is 5.92 Å². The van der Waals surface area contributed by atoms with Gasteiger partial charge in [0.15, 0.2) is 11.5 Å². The summed E-state index contributed by atoms with van der Waals surface area (Å²) in [5.41, 5.74) is 1.38. The molecule has 0 unspecified atom stereocenters. The van der Waals surface area contributed by atoms with Gasteiger partial charge in [-0.1, -0.05) is 5.16 Å². The zero-order chi connectivity index (χ0) is 24.8. The number of rotatable bonds is 9. The largest absolute Gasteiger partial charge is 0.497 e. The summed E-state index contributed by atoms with van der Waals surface area (Å²) < 4.78 is 26.7.